The first-order chi connectivity index (χ1) is 9.02. The number of carbonyl (C=O) groups excluding carboxylic acids is 1. The van der Waals surface area contributed by atoms with Gasteiger partial charge < -0.3 is 10.0 Å². The van der Waals surface area contributed by atoms with Crippen LogP contribution < -0.4 is 0 Å². The highest BCUT2D eigenvalue weighted by Crippen LogP contribution is 2.24. The van der Waals surface area contributed by atoms with Crippen LogP contribution in [0.15, 0.2) is 12.1 Å². The fourth-order valence-corrected chi connectivity index (χ4v) is 2.68. The van der Waals surface area contributed by atoms with Crippen molar-refractivity contribution in [2.24, 2.45) is 5.92 Å². The Hall–Kier alpha value is -1.13. The van der Waals surface area contributed by atoms with Gasteiger partial charge in [0.25, 0.3) is 5.91 Å². The smallest absolute Gasteiger partial charge is 0.255 e. The highest BCUT2D eigenvalue weighted by atomic mass is 35.5. The van der Waals surface area contributed by atoms with E-state index in [4.69, 9.17) is 11.6 Å². The number of hydrogen-bond donors (Lipinski definition) is 1. The molecule has 0 radical (unpaired) electrons. The number of amides is 1. The van der Waals surface area contributed by atoms with Crippen LogP contribution in [0.25, 0.3) is 0 Å². The molecule has 1 N–H and O–H groups in total. The molecule has 104 valence electrons. The van der Waals surface area contributed by atoms with Crippen molar-refractivity contribution in [1.29, 1.82) is 0 Å². The number of piperidine rings is 1. The molecular formula is C14H17ClFNO2. The molecule has 0 saturated carbocycles. The van der Waals surface area contributed by atoms with Gasteiger partial charge >= 0.3 is 0 Å². The number of aliphatic hydroxyl groups is 1. The number of carbonyl (C=O) groups is 1. The number of hydrogen-bond acceptors (Lipinski definition) is 2. The Bertz CT molecular complexity index is 493. The number of aliphatic hydroxyl groups excluding tert-OH is 1. The van der Waals surface area contributed by atoms with E-state index >= 15 is 0 Å². The first-order valence-corrected chi connectivity index (χ1v) is 6.76. The normalized spacial score (nSPS) is 19.6. The van der Waals surface area contributed by atoms with Crippen molar-refractivity contribution >= 4 is 17.5 Å². The molecule has 1 aromatic carbocycles. The van der Waals surface area contributed by atoms with Gasteiger partial charge in [0.15, 0.2) is 0 Å². The van der Waals surface area contributed by atoms with Crippen LogP contribution in [0.1, 0.15) is 28.8 Å². The van der Waals surface area contributed by atoms with Crippen LogP contribution in [0, 0.1) is 18.7 Å². The minimum Gasteiger partial charge on any atom is -0.396 e. The van der Waals surface area contributed by atoms with E-state index in [0.29, 0.717) is 18.7 Å². The molecule has 1 atom stereocenters. The summed E-state index contributed by atoms with van der Waals surface area (Å²) in [7, 11) is 0. The van der Waals surface area contributed by atoms with Crippen LogP contribution in [0.5, 0.6) is 0 Å². The zero-order valence-corrected chi connectivity index (χ0v) is 11.6. The van der Waals surface area contributed by atoms with Crippen molar-refractivity contribution in [3.8, 4) is 0 Å². The summed E-state index contributed by atoms with van der Waals surface area (Å²) in [6, 6.07) is 2.67. The number of aryl methyl sites for hydroxylation is 1. The van der Waals surface area contributed by atoms with E-state index in [1.165, 1.54) is 12.1 Å². The van der Waals surface area contributed by atoms with Gasteiger partial charge in [-0.15, -0.1) is 0 Å². The van der Waals surface area contributed by atoms with Gasteiger partial charge in [0.2, 0.25) is 0 Å². The summed E-state index contributed by atoms with van der Waals surface area (Å²) >= 11 is 6.02. The lowest BCUT2D eigenvalue weighted by Gasteiger charge is -2.32. The molecule has 0 aromatic heterocycles. The van der Waals surface area contributed by atoms with E-state index in [2.05, 4.69) is 0 Å². The lowest BCUT2D eigenvalue weighted by Crippen LogP contribution is -2.41. The lowest BCUT2D eigenvalue weighted by atomic mass is 9.98. The van der Waals surface area contributed by atoms with Crippen LogP contribution in [-0.4, -0.2) is 35.6 Å². The third-order valence-corrected chi connectivity index (χ3v) is 3.86. The Morgan fingerprint density at radius 1 is 1.58 bits per heavy atom. The van der Waals surface area contributed by atoms with Crippen molar-refractivity contribution in [3.05, 3.63) is 34.1 Å². The zero-order chi connectivity index (χ0) is 14.0. The molecule has 1 saturated heterocycles. The molecular weight excluding hydrogens is 269 g/mol. The van der Waals surface area contributed by atoms with E-state index in [9.17, 15) is 14.3 Å². The largest absolute Gasteiger partial charge is 0.396 e. The zero-order valence-electron chi connectivity index (χ0n) is 10.8. The molecule has 1 aliphatic rings. The molecule has 1 aromatic rings. The Labute approximate surface area is 117 Å². The first kappa shape index (κ1) is 14.3. The highest BCUT2D eigenvalue weighted by Gasteiger charge is 2.25. The highest BCUT2D eigenvalue weighted by molar-refractivity contribution is 6.33. The third-order valence-electron chi connectivity index (χ3n) is 3.54. The number of rotatable bonds is 2. The summed E-state index contributed by atoms with van der Waals surface area (Å²) in [5, 5.41) is 9.45. The average Bonchev–Trinajstić information content (AvgIpc) is 2.42. The summed E-state index contributed by atoms with van der Waals surface area (Å²) in [4.78, 5) is 14.0. The predicted molar refractivity (Wildman–Crippen MR) is 71.9 cm³/mol. The molecule has 1 amide bonds. The summed E-state index contributed by atoms with van der Waals surface area (Å²) in [6.45, 7) is 2.81. The van der Waals surface area contributed by atoms with Crippen LogP contribution >= 0.6 is 11.6 Å². The van der Waals surface area contributed by atoms with E-state index in [1.54, 1.807) is 11.8 Å². The van der Waals surface area contributed by atoms with Gasteiger partial charge in [-0.25, -0.2) is 4.39 Å². The van der Waals surface area contributed by atoms with Crippen LogP contribution in [-0.2, 0) is 0 Å². The monoisotopic (exact) mass is 285 g/mol. The predicted octanol–water partition coefficient (Wildman–Crippen LogP) is 2.63. The van der Waals surface area contributed by atoms with Gasteiger partial charge in [0, 0.05) is 19.7 Å². The molecule has 2 rings (SSSR count). The van der Waals surface area contributed by atoms with Gasteiger partial charge in [-0.05, 0) is 43.4 Å². The van der Waals surface area contributed by atoms with Crippen molar-refractivity contribution in [1.82, 2.24) is 4.90 Å². The van der Waals surface area contributed by atoms with Crippen LogP contribution in [0.2, 0.25) is 5.02 Å². The molecule has 19 heavy (non-hydrogen) atoms. The topological polar surface area (TPSA) is 40.5 Å². The Kier molecular flexibility index (Phi) is 4.42. The summed E-state index contributed by atoms with van der Waals surface area (Å²) in [5.74, 6) is -0.586. The van der Waals surface area contributed by atoms with Crippen molar-refractivity contribution < 1.29 is 14.3 Å². The second kappa shape index (κ2) is 5.88. The fraction of sp³-hybridized carbons (Fsp3) is 0.500. The maximum absolute atomic E-state index is 13.6. The third kappa shape index (κ3) is 3.07. The number of benzene rings is 1. The molecule has 0 bridgehead atoms. The van der Waals surface area contributed by atoms with Crippen LogP contribution in [0.4, 0.5) is 4.39 Å². The Balaban J connectivity index is 2.22. The second-order valence-electron chi connectivity index (χ2n) is 5.02. The quantitative estimate of drug-likeness (QED) is 0.907. The van der Waals surface area contributed by atoms with Gasteiger partial charge in [0.1, 0.15) is 5.82 Å². The first-order valence-electron chi connectivity index (χ1n) is 6.38. The maximum atomic E-state index is 13.6. The minimum atomic E-state index is -0.427. The number of halogens is 2. The van der Waals surface area contributed by atoms with Gasteiger partial charge in [-0.1, -0.05) is 11.6 Å². The molecule has 1 aliphatic heterocycles. The van der Waals surface area contributed by atoms with Crippen LogP contribution in [0.3, 0.4) is 0 Å². The minimum absolute atomic E-state index is 0.0692. The Morgan fingerprint density at radius 2 is 2.32 bits per heavy atom. The molecule has 1 heterocycles. The molecule has 1 fully saturated rings. The number of nitrogens with zero attached hydrogens (tertiary/aromatic N) is 1. The van der Waals surface area contributed by atoms with Gasteiger partial charge in [0.05, 0.1) is 10.6 Å². The van der Waals surface area contributed by atoms with E-state index < -0.39 is 5.82 Å². The fourth-order valence-electron chi connectivity index (χ4n) is 2.38. The van der Waals surface area contributed by atoms with Crippen molar-refractivity contribution in [2.75, 3.05) is 19.7 Å². The van der Waals surface area contributed by atoms with Gasteiger partial charge in [-0.2, -0.15) is 0 Å². The standard InChI is InChI=1S/C14H17ClFNO2/c1-9-5-12(15)11(6-13(9)16)14(19)17-4-2-3-10(7-17)8-18/h5-6,10,18H,2-4,7-8H2,1H3. The van der Waals surface area contributed by atoms with Crippen molar-refractivity contribution in [3.63, 3.8) is 0 Å². The molecule has 0 aliphatic carbocycles. The summed E-state index contributed by atoms with van der Waals surface area (Å²) < 4.78 is 13.6. The lowest BCUT2D eigenvalue weighted by molar-refractivity contribution is 0.0620. The van der Waals surface area contributed by atoms with Crippen molar-refractivity contribution in [2.45, 2.75) is 19.8 Å². The SMILES string of the molecule is Cc1cc(Cl)c(C(=O)N2CCCC(CO)C2)cc1F. The number of likely N-dealkylation sites (tertiary alicyclic amines) is 1. The molecule has 0 spiro atoms. The van der Waals surface area contributed by atoms with Gasteiger partial charge in [-0.3, -0.25) is 4.79 Å². The molecule has 5 heteroatoms. The second-order valence-corrected chi connectivity index (χ2v) is 5.43. The van der Waals surface area contributed by atoms with E-state index in [-0.39, 0.29) is 29.0 Å². The summed E-state index contributed by atoms with van der Waals surface area (Å²) in [6.07, 6.45) is 1.76. The molecule has 3 nitrogen and oxygen atoms in total. The maximum Gasteiger partial charge on any atom is 0.255 e. The van der Waals surface area contributed by atoms with E-state index in [0.717, 1.165) is 12.8 Å². The summed E-state index contributed by atoms with van der Waals surface area (Å²) in [5.41, 5.74) is 0.622. The molecule has 1 unspecified atom stereocenters. The average molecular weight is 286 g/mol. The Morgan fingerprint density at radius 3 is 3.00 bits per heavy atom. The van der Waals surface area contributed by atoms with E-state index in [1.807, 2.05) is 0 Å².